The summed E-state index contributed by atoms with van der Waals surface area (Å²) in [5, 5.41) is 2.83. The van der Waals surface area contributed by atoms with Gasteiger partial charge in [-0.3, -0.25) is 9.78 Å². The number of hydrogen-bond donors (Lipinski definition) is 1. The number of pyridine rings is 1. The quantitative estimate of drug-likeness (QED) is 0.630. The van der Waals surface area contributed by atoms with E-state index in [1.54, 1.807) is 25.6 Å². The summed E-state index contributed by atoms with van der Waals surface area (Å²) < 4.78 is 16.8. The Hall–Kier alpha value is -2.80. The fourth-order valence-electron chi connectivity index (χ4n) is 2.29. The van der Waals surface area contributed by atoms with E-state index in [-0.39, 0.29) is 5.91 Å². The number of carbonyl (C=O) groups is 1. The van der Waals surface area contributed by atoms with E-state index >= 15 is 0 Å². The molecule has 134 valence electrons. The van der Waals surface area contributed by atoms with Crippen LogP contribution in [0.2, 0.25) is 0 Å². The van der Waals surface area contributed by atoms with Gasteiger partial charge in [-0.1, -0.05) is 6.07 Å². The zero-order valence-electron chi connectivity index (χ0n) is 14.1. The van der Waals surface area contributed by atoms with Crippen LogP contribution in [0.1, 0.15) is 21.5 Å². The molecule has 0 aliphatic heterocycles. The van der Waals surface area contributed by atoms with Crippen molar-refractivity contribution in [2.45, 2.75) is 13.2 Å². The summed E-state index contributed by atoms with van der Waals surface area (Å²) in [5.41, 5.74) is 2.37. The van der Waals surface area contributed by atoms with E-state index in [9.17, 15) is 4.79 Å². The lowest BCUT2D eigenvalue weighted by molar-refractivity contribution is 0.0950. The van der Waals surface area contributed by atoms with E-state index in [1.165, 1.54) is 6.26 Å². The summed E-state index contributed by atoms with van der Waals surface area (Å²) in [6.45, 7) is 0.785. The Kier molecular flexibility index (Phi) is 5.91. The highest BCUT2D eigenvalue weighted by Crippen LogP contribution is 2.29. The standard InChI is InChI=1S/C19H17BrN2O4/c1-24-17-8-14(10-22-19(23)15-9-18(20)26-12-15)2-3-16(17)25-11-13-4-6-21-7-5-13/h2-9,12H,10-11H2,1H3,(H,22,23). The number of benzene rings is 1. The number of amides is 1. The van der Waals surface area contributed by atoms with Gasteiger partial charge in [-0.25, -0.2) is 0 Å². The highest BCUT2D eigenvalue weighted by molar-refractivity contribution is 9.10. The highest BCUT2D eigenvalue weighted by Gasteiger charge is 2.10. The lowest BCUT2D eigenvalue weighted by Gasteiger charge is -2.12. The molecular formula is C19H17BrN2O4. The number of halogens is 1. The van der Waals surface area contributed by atoms with Crippen molar-refractivity contribution in [1.82, 2.24) is 10.3 Å². The second kappa shape index (κ2) is 8.53. The van der Waals surface area contributed by atoms with Crippen LogP contribution in [0.4, 0.5) is 0 Å². The molecule has 7 heteroatoms. The molecule has 3 aromatic rings. The fraction of sp³-hybridized carbons (Fsp3) is 0.158. The van der Waals surface area contributed by atoms with Crippen molar-refractivity contribution in [3.63, 3.8) is 0 Å². The van der Waals surface area contributed by atoms with Crippen LogP contribution in [-0.2, 0) is 13.2 Å². The van der Waals surface area contributed by atoms with Gasteiger partial charge in [0.1, 0.15) is 12.9 Å². The van der Waals surface area contributed by atoms with E-state index in [0.717, 1.165) is 11.1 Å². The SMILES string of the molecule is COc1cc(CNC(=O)c2coc(Br)c2)ccc1OCc1ccncc1. The summed E-state index contributed by atoms with van der Waals surface area (Å²) in [4.78, 5) is 16.0. The van der Waals surface area contributed by atoms with Crippen LogP contribution < -0.4 is 14.8 Å². The van der Waals surface area contributed by atoms with Crippen molar-refractivity contribution in [1.29, 1.82) is 0 Å². The monoisotopic (exact) mass is 416 g/mol. The zero-order valence-corrected chi connectivity index (χ0v) is 15.7. The van der Waals surface area contributed by atoms with E-state index in [4.69, 9.17) is 13.9 Å². The Labute approximate surface area is 159 Å². The van der Waals surface area contributed by atoms with Gasteiger partial charge in [0.15, 0.2) is 16.2 Å². The third-order valence-corrected chi connectivity index (χ3v) is 4.07. The number of aromatic nitrogens is 1. The molecule has 2 aromatic heterocycles. The average molecular weight is 417 g/mol. The Morgan fingerprint density at radius 2 is 1.96 bits per heavy atom. The van der Waals surface area contributed by atoms with Crippen LogP contribution in [0.5, 0.6) is 11.5 Å². The number of ether oxygens (including phenoxy) is 2. The molecule has 3 rings (SSSR count). The number of nitrogens with one attached hydrogen (secondary N) is 1. The molecule has 6 nitrogen and oxygen atoms in total. The van der Waals surface area contributed by atoms with Crippen LogP contribution >= 0.6 is 15.9 Å². The number of carbonyl (C=O) groups excluding carboxylic acids is 1. The molecule has 0 atom stereocenters. The summed E-state index contributed by atoms with van der Waals surface area (Å²) in [6, 6.07) is 11.0. The second-order valence-corrected chi connectivity index (χ2v) is 6.23. The highest BCUT2D eigenvalue weighted by atomic mass is 79.9. The Balaban J connectivity index is 1.61. The van der Waals surface area contributed by atoms with E-state index in [2.05, 4.69) is 26.2 Å². The molecule has 0 aliphatic carbocycles. The minimum absolute atomic E-state index is 0.212. The van der Waals surface area contributed by atoms with Gasteiger partial charge in [-0.15, -0.1) is 0 Å². The number of nitrogens with zero attached hydrogens (tertiary/aromatic N) is 1. The molecule has 0 saturated carbocycles. The van der Waals surface area contributed by atoms with E-state index < -0.39 is 0 Å². The first-order valence-electron chi connectivity index (χ1n) is 7.86. The van der Waals surface area contributed by atoms with E-state index in [0.29, 0.717) is 34.9 Å². The Morgan fingerprint density at radius 3 is 2.65 bits per heavy atom. The molecule has 1 amide bonds. The maximum Gasteiger partial charge on any atom is 0.254 e. The van der Waals surface area contributed by atoms with Gasteiger partial charge in [0, 0.05) is 25.0 Å². The summed E-state index contributed by atoms with van der Waals surface area (Å²) >= 11 is 3.17. The van der Waals surface area contributed by atoms with Crippen molar-refractivity contribution in [2.75, 3.05) is 7.11 Å². The van der Waals surface area contributed by atoms with Gasteiger partial charge in [0.25, 0.3) is 5.91 Å². The first-order valence-corrected chi connectivity index (χ1v) is 8.66. The number of furan rings is 1. The predicted molar refractivity (Wildman–Crippen MR) is 99.1 cm³/mol. The maximum absolute atomic E-state index is 12.1. The van der Waals surface area contributed by atoms with Crippen LogP contribution in [0.25, 0.3) is 0 Å². The van der Waals surface area contributed by atoms with Crippen LogP contribution in [0.15, 0.2) is 64.1 Å². The van der Waals surface area contributed by atoms with Gasteiger partial charge < -0.3 is 19.2 Å². The number of methoxy groups -OCH3 is 1. The minimum Gasteiger partial charge on any atom is -0.493 e. The molecule has 0 radical (unpaired) electrons. The molecule has 0 fully saturated rings. The smallest absolute Gasteiger partial charge is 0.254 e. The second-order valence-electron chi connectivity index (χ2n) is 5.45. The van der Waals surface area contributed by atoms with Crippen molar-refractivity contribution < 1.29 is 18.7 Å². The average Bonchev–Trinajstić information content (AvgIpc) is 3.12. The lowest BCUT2D eigenvalue weighted by atomic mass is 10.2. The molecule has 1 aromatic carbocycles. The Morgan fingerprint density at radius 1 is 1.15 bits per heavy atom. The number of rotatable bonds is 7. The molecule has 0 aliphatic rings. The van der Waals surface area contributed by atoms with Crippen molar-refractivity contribution in [3.8, 4) is 11.5 Å². The topological polar surface area (TPSA) is 73.6 Å². The van der Waals surface area contributed by atoms with Gasteiger partial charge in [-0.2, -0.15) is 0 Å². The molecule has 0 unspecified atom stereocenters. The third kappa shape index (κ3) is 4.64. The minimum atomic E-state index is -0.212. The van der Waals surface area contributed by atoms with Gasteiger partial charge in [-0.05, 0) is 51.3 Å². The zero-order chi connectivity index (χ0) is 18.4. The maximum atomic E-state index is 12.1. The van der Waals surface area contributed by atoms with E-state index in [1.807, 2.05) is 30.3 Å². The Bertz CT molecular complexity index is 880. The van der Waals surface area contributed by atoms with Crippen molar-refractivity contribution in [3.05, 3.63) is 76.4 Å². The first kappa shape index (κ1) is 18.0. The van der Waals surface area contributed by atoms with Gasteiger partial charge in [0.05, 0.1) is 12.7 Å². The molecule has 0 saturated heterocycles. The van der Waals surface area contributed by atoms with Gasteiger partial charge >= 0.3 is 0 Å². The molecular weight excluding hydrogens is 400 g/mol. The van der Waals surface area contributed by atoms with Crippen LogP contribution in [-0.4, -0.2) is 18.0 Å². The van der Waals surface area contributed by atoms with Crippen LogP contribution in [0.3, 0.4) is 0 Å². The van der Waals surface area contributed by atoms with Gasteiger partial charge in [0.2, 0.25) is 0 Å². The largest absolute Gasteiger partial charge is 0.493 e. The van der Waals surface area contributed by atoms with Crippen molar-refractivity contribution >= 4 is 21.8 Å². The summed E-state index contributed by atoms with van der Waals surface area (Å²) in [5.74, 6) is 1.03. The molecule has 2 heterocycles. The molecule has 26 heavy (non-hydrogen) atoms. The van der Waals surface area contributed by atoms with Crippen LogP contribution in [0, 0.1) is 0 Å². The molecule has 1 N–H and O–H groups in total. The normalized spacial score (nSPS) is 10.4. The predicted octanol–water partition coefficient (Wildman–Crippen LogP) is 3.95. The van der Waals surface area contributed by atoms with Crippen molar-refractivity contribution in [2.24, 2.45) is 0 Å². The third-order valence-electron chi connectivity index (χ3n) is 3.65. The molecule has 0 spiro atoms. The number of hydrogen-bond acceptors (Lipinski definition) is 5. The summed E-state index contributed by atoms with van der Waals surface area (Å²) in [6.07, 6.45) is 4.84. The fourth-order valence-corrected chi connectivity index (χ4v) is 2.63. The summed E-state index contributed by atoms with van der Waals surface area (Å²) in [7, 11) is 1.58. The lowest BCUT2D eigenvalue weighted by Crippen LogP contribution is -2.22. The molecule has 0 bridgehead atoms. The first-order chi connectivity index (χ1) is 12.7.